The number of hydrogen-bond acceptors (Lipinski definition) is 6. The topological polar surface area (TPSA) is 86.6 Å². The van der Waals surface area contributed by atoms with Gasteiger partial charge in [0.05, 0.1) is 24.5 Å². The number of nitrogens with one attached hydrogen (secondary N) is 1. The summed E-state index contributed by atoms with van der Waals surface area (Å²) >= 11 is 6.06. The number of fused-ring (bicyclic) bond motifs is 2. The average Bonchev–Trinajstić information content (AvgIpc) is 3.62. The van der Waals surface area contributed by atoms with Gasteiger partial charge in [-0.1, -0.05) is 35.9 Å². The van der Waals surface area contributed by atoms with Crippen LogP contribution in [0, 0.1) is 0 Å². The maximum Gasteiger partial charge on any atom is 0.186 e. The fourth-order valence-electron chi connectivity index (χ4n) is 4.18. The normalized spacial score (nSPS) is 12.4. The summed E-state index contributed by atoms with van der Waals surface area (Å²) in [5, 5.41) is 14.8. The van der Waals surface area contributed by atoms with Gasteiger partial charge in [0.25, 0.3) is 0 Å². The molecule has 35 heavy (non-hydrogen) atoms. The van der Waals surface area contributed by atoms with Crippen LogP contribution in [0.15, 0.2) is 83.9 Å². The summed E-state index contributed by atoms with van der Waals surface area (Å²) in [4.78, 5) is 8.76. The van der Waals surface area contributed by atoms with Crippen molar-refractivity contribution in [3.63, 3.8) is 0 Å². The van der Waals surface area contributed by atoms with Gasteiger partial charge in [0.1, 0.15) is 23.5 Å². The summed E-state index contributed by atoms with van der Waals surface area (Å²) in [6.45, 7) is 3.26. The van der Waals surface area contributed by atoms with Crippen LogP contribution in [0.2, 0.25) is 5.02 Å². The highest BCUT2D eigenvalue weighted by molar-refractivity contribution is 6.31. The van der Waals surface area contributed by atoms with Gasteiger partial charge in [0, 0.05) is 35.1 Å². The summed E-state index contributed by atoms with van der Waals surface area (Å²) in [6, 6.07) is 18.3. The van der Waals surface area contributed by atoms with Crippen LogP contribution < -0.4 is 5.32 Å². The first-order valence-corrected chi connectivity index (χ1v) is 11.7. The van der Waals surface area contributed by atoms with Crippen molar-refractivity contribution in [2.75, 3.05) is 5.32 Å². The first-order chi connectivity index (χ1) is 17.1. The third-order valence-corrected chi connectivity index (χ3v) is 6.29. The first kappa shape index (κ1) is 21.4. The largest absolute Gasteiger partial charge is 0.459 e. The Balaban J connectivity index is 1.18. The molecule has 1 N–H and O–H groups in total. The SMILES string of the molecule is CC(c1ccc(Cn2cc3c(NCc4cc5ccc(Cl)cc5o4)ncnc3n2)cc1)n1cccn1. The number of aromatic nitrogens is 6. The Bertz CT molecular complexity index is 1600. The average molecular weight is 484 g/mol. The summed E-state index contributed by atoms with van der Waals surface area (Å²) in [7, 11) is 0. The smallest absolute Gasteiger partial charge is 0.186 e. The van der Waals surface area contributed by atoms with Gasteiger partial charge in [-0.15, -0.1) is 0 Å². The Morgan fingerprint density at radius 2 is 1.97 bits per heavy atom. The van der Waals surface area contributed by atoms with E-state index in [1.54, 1.807) is 6.20 Å². The second-order valence-corrected chi connectivity index (χ2v) is 8.87. The van der Waals surface area contributed by atoms with Crippen LogP contribution in [0.3, 0.4) is 0 Å². The molecule has 0 spiro atoms. The molecular weight excluding hydrogens is 462 g/mol. The molecule has 0 aliphatic rings. The van der Waals surface area contributed by atoms with Crippen molar-refractivity contribution in [2.45, 2.75) is 26.1 Å². The lowest BCUT2D eigenvalue weighted by Gasteiger charge is -2.13. The zero-order valence-electron chi connectivity index (χ0n) is 19.0. The van der Waals surface area contributed by atoms with Gasteiger partial charge in [0.2, 0.25) is 0 Å². The predicted octanol–water partition coefficient (Wildman–Crippen LogP) is 5.69. The van der Waals surface area contributed by atoms with E-state index in [-0.39, 0.29) is 6.04 Å². The number of halogens is 1. The lowest BCUT2D eigenvalue weighted by molar-refractivity contribution is 0.559. The highest BCUT2D eigenvalue weighted by Gasteiger charge is 2.12. The molecule has 6 aromatic rings. The third-order valence-electron chi connectivity index (χ3n) is 6.06. The van der Waals surface area contributed by atoms with E-state index in [4.69, 9.17) is 16.0 Å². The molecule has 0 saturated heterocycles. The summed E-state index contributed by atoms with van der Waals surface area (Å²) < 4.78 is 9.74. The van der Waals surface area contributed by atoms with E-state index >= 15 is 0 Å². The molecule has 1 unspecified atom stereocenters. The Hall–Kier alpha value is -4.17. The quantitative estimate of drug-likeness (QED) is 0.314. The van der Waals surface area contributed by atoms with Gasteiger partial charge < -0.3 is 9.73 Å². The number of benzene rings is 2. The molecule has 0 aliphatic carbocycles. The van der Waals surface area contributed by atoms with Crippen LogP contribution in [0.5, 0.6) is 0 Å². The van der Waals surface area contributed by atoms with Crippen molar-refractivity contribution >= 4 is 39.4 Å². The highest BCUT2D eigenvalue weighted by Crippen LogP contribution is 2.25. The van der Waals surface area contributed by atoms with Gasteiger partial charge in [-0.25, -0.2) is 9.97 Å². The van der Waals surface area contributed by atoms with Crippen molar-refractivity contribution in [1.29, 1.82) is 0 Å². The predicted molar refractivity (Wildman–Crippen MR) is 135 cm³/mol. The van der Waals surface area contributed by atoms with Crippen molar-refractivity contribution < 1.29 is 4.42 Å². The lowest BCUT2D eigenvalue weighted by Crippen LogP contribution is -2.07. The minimum Gasteiger partial charge on any atom is -0.459 e. The van der Waals surface area contributed by atoms with Gasteiger partial charge in [-0.2, -0.15) is 10.2 Å². The van der Waals surface area contributed by atoms with E-state index in [1.807, 2.05) is 52.1 Å². The third kappa shape index (κ3) is 4.36. The van der Waals surface area contributed by atoms with Crippen LogP contribution in [0.4, 0.5) is 5.82 Å². The minimum absolute atomic E-state index is 0.180. The fourth-order valence-corrected chi connectivity index (χ4v) is 4.34. The van der Waals surface area contributed by atoms with Gasteiger partial charge >= 0.3 is 0 Å². The first-order valence-electron chi connectivity index (χ1n) is 11.3. The Morgan fingerprint density at radius 1 is 1.09 bits per heavy atom. The molecule has 0 radical (unpaired) electrons. The molecule has 9 heteroatoms. The Labute approximate surface area is 206 Å². The van der Waals surface area contributed by atoms with E-state index in [1.165, 1.54) is 11.9 Å². The second-order valence-electron chi connectivity index (χ2n) is 8.44. The standard InChI is InChI=1S/C26H22ClN7O/c1-17(34-10-2-9-31-34)19-5-3-18(4-6-19)14-33-15-23-25(29-16-30-26(23)32-33)28-13-22-11-20-7-8-21(27)12-24(20)35-22/h2-12,15-17H,13-14H2,1H3,(H,28,29,30,32). The van der Waals surface area contributed by atoms with Crippen LogP contribution in [-0.4, -0.2) is 29.5 Å². The molecule has 4 heterocycles. The minimum atomic E-state index is 0.180. The molecule has 0 amide bonds. The number of furan rings is 1. The van der Waals surface area contributed by atoms with E-state index in [0.717, 1.165) is 27.7 Å². The monoisotopic (exact) mass is 483 g/mol. The Kier molecular flexibility index (Phi) is 5.42. The van der Waals surface area contributed by atoms with Crippen LogP contribution >= 0.6 is 11.6 Å². The number of nitrogens with zero attached hydrogens (tertiary/aromatic N) is 6. The molecule has 1 atom stereocenters. The Morgan fingerprint density at radius 3 is 2.80 bits per heavy atom. The molecule has 0 aliphatic heterocycles. The fraction of sp³-hybridized carbons (Fsp3) is 0.154. The molecule has 4 aromatic heterocycles. The summed E-state index contributed by atoms with van der Waals surface area (Å²) in [5.41, 5.74) is 3.76. The van der Waals surface area contributed by atoms with Crippen LogP contribution in [0.25, 0.3) is 22.0 Å². The van der Waals surface area contributed by atoms with E-state index in [2.05, 4.69) is 56.7 Å². The second kappa shape index (κ2) is 8.88. The van der Waals surface area contributed by atoms with E-state index in [0.29, 0.717) is 29.6 Å². The number of hydrogen-bond donors (Lipinski definition) is 1. The summed E-state index contributed by atoms with van der Waals surface area (Å²) in [6.07, 6.45) is 7.26. The number of anilines is 1. The molecule has 0 fully saturated rings. The molecule has 2 aromatic carbocycles. The van der Waals surface area contributed by atoms with E-state index < -0.39 is 0 Å². The van der Waals surface area contributed by atoms with Crippen molar-refractivity contribution in [3.8, 4) is 0 Å². The van der Waals surface area contributed by atoms with Gasteiger partial charge in [-0.3, -0.25) is 9.36 Å². The lowest BCUT2D eigenvalue weighted by atomic mass is 10.1. The number of rotatable bonds is 7. The van der Waals surface area contributed by atoms with Crippen LogP contribution in [-0.2, 0) is 13.1 Å². The van der Waals surface area contributed by atoms with Gasteiger partial charge in [-0.05, 0) is 42.3 Å². The summed E-state index contributed by atoms with van der Waals surface area (Å²) in [5.74, 6) is 1.51. The molecule has 0 saturated carbocycles. The van der Waals surface area contributed by atoms with E-state index in [9.17, 15) is 0 Å². The van der Waals surface area contributed by atoms with Crippen LogP contribution in [0.1, 0.15) is 29.9 Å². The zero-order chi connectivity index (χ0) is 23.8. The van der Waals surface area contributed by atoms with Crippen molar-refractivity contribution in [3.05, 3.63) is 101 Å². The maximum absolute atomic E-state index is 6.06. The zero-order valence-corrected chi connectivity index (χ0v) is 19.7. The molecule has 6 rings (SSSR count). The maximum atomic E-state index is 6.06. The van der Waals surface area contributed by atoms with Gasteiger partial charge in [0.15, 0.2) is 5.65 Å². The highest BCUT2D eigenvalue weighted by atomic mass is 35.5. The molecule has 8 nitrogen and oxygen atoms in total. The van der Waals surface area contributed by atoms with Crippen molar-refractivity contribution in [1.82, 2.24) is 29.5 Å². The molecule has 174 valence electrons. The molecule has 0 bridgehead atoms. The molecular formula is C26H22ClN7O. The van der Waals surface area contributed by atoms with Crippen molar-refractivity contribution in [2.24, 2.45) is 0 Å².